The summed E-state index contributed by atoms with van der Waals surface area (Å²) in [5, 5.41) is 0. The summed E-state index contributed by atoms with van der Waals surface area (Å²) in [5.41, 5.74) is 0. The minimum absolute atomic E-state index is 0. The van der Waals surface area contributed by atoms with Crippen LogP contribution in [0.1, 0.15) is 13.3 Å². The molecule has 0 amide bonds. The van der Waals surface area contributed by atoms with Crippen molar-refractivity contribution in [1.29, 1.82) is 0 Å². The number of hydrogen-bond acceptors (Lipinski definition) is 5. The molecule has 10 heavy (non-hydrogen) atoms. The van der Waals surface area contributed by atoms with Crippen molar-refractivity contribution in [3.05, 3.63) is 0 Å². The molecule has 0 rings (SSSR count). The molecule has 0 bridgehead atoms. The molecule has 0 heterocycles. The Balaban J connectivity index is 0. The summed E-state index contributed by atoms with van der Waals surface area (Å²) >= 11 is 3.63. The maximum atomic E-state index is 10.2. The van der Waals surface area contributed by atoms with Gasteiger partial charge in [-0.15, -0.1) is 11.7 Å². The maximum Gasteiger partial charge on any atom is 1.00 e. The van der Waals surface area contributed by atoms with E-state index in [1.807, 2.05) is 0 Å². The van der Waals surface area contributed by atoms with E-state index in [9.17, 15) is 13.0 Å². The number of hydrogen-bond donors (Lipinski definition) is 1. The van der Waals surface area contributed by atoms with Crippen LogP contribution in [0.3, 0.4) is 0 Å². The van der Waals surface area contributed by atoms with Gasteiger partial charge < -0.3 is 4.55 Å². The third-order valence-corrected chi connectivity index (χ3v) is 4.51. The molecular weight excluding hydrogens is 219 g/mol. The Morgan fingerprint density at radius 1 is 1.70 bits per heavy atom. The van der Waals surface area contributed by atoms with Crippen LogP contribution in [0.2, 0.25) is 0 Å². The van der Waals surface area contributed by atoms with Gasteiger partial charge in [0.25, 0.3) is 0 Å². The molecule has 3 nitrogen and oxygen atoms in total. The molecule has 0 aromatic heterocycles. The largest absolute Gasteiger partial charge is 1.00 e. The second-order valence-electron chi connectivity index (χ2n) is 1.44. The normalized spacial score (nSPS) is 13.9. The molecule has 0 aliphatic heterocycles. The Morgan fingerprint density at radius 3 is 2.10 bits per heavy atom. The standard InChI is InChI=1S/C3H8O3S3.K/c1-2-3(8-7)9(4,5)6;/h3,7H,2H2,1H3,(H,4,5,6);/q;+1/p-1. The molecule has 1 atom stereocenters. The van der Waals surface area contributed by atoms with E-state index in [0.29, 0.717) is 6.42 Å². The molecule has 0 fully saturated rings. The van der Waals surface area contributed by atoms with E-state index in [1.54, 1.807) is 6.92 Å². The van der Waals surface area contributed by atoms with Crippen molar-refractivity contribution >= 4 is 32.6 Å². The summed E-state index contributed by atoms with van der Waals surface area (Å²) in [6, 6.07) is 0. The predicted octanol–water partition coefficient (Wildman–Crippen LogP) is -2.15. The Kier molecular flexibility index (Phi) is 9.93. The van der Waals surface area contributed by atoms with Gasteiger partial charge in [0, 0.05) is 0 Å². The minimum Gasteiger partial charge on any atom is -0.747 e. The summed E-state index contributed by atoms with van der Waals surface area (Å²) in [6.45, 7) is 1.63. The van der Waals surface area contributed by atoms with E-state index in [1.165, 1.54) is 0 Å². The van der Waals surface area contributed by atoms with Crippen molar-refractivity contribution in [2.45, 2.75) is 17.9 Å². The van der Waals surface area contributed by atoms with Crippen LogP contribution >= 0.6 is 22.5 Å². The molecule has 0 aliphatic carbocycles. The van der Waals surface area contributed by atoms with E-state index in [4.69, 9.17) is 0 Å². The smallest absolute Gasteiger partial charge is 0.747 e. The van der Waals surface area contributed by atoms with Crippen LogP contribution in [0, 0.1) is 0 Å². The monoisotopic (exact) mass is 226 g/mol. The summed E-state index contributed by atoms with van der Waals surface area (Å²) < 4.78 is 29.6. The van der Waals surface area contributed by atoms with Crippen molar-refractivity contribution in [3.8, 4) is 0 Å². The van der Waals surface area contributed by atoms with Gasteiger partial charge in [0.1, 0.15) is 14.7 Å². The zero-order valence-electron chi connectivity index (χ0n) is 5.77. The Hall–Kier alpha value is 2.25. The molecular formula is C3H7KO3S3. The zero-order valence-corrected chi connectivity index (χ0v) is 11.4. The van der Waals surface area contributed by atoms with Crippen molar-refractivity contribution < 1.29 is 64.4 Å². The maximum absolute atomic E-state index is 10.2. The first-order valence-electron chi connectivity index (χ1n) is 2.27. The quantitative estimate of drug-likeness (QED) is 0.258. The fraction of sp³-hybridized carbons (Fsp3) is 1.00. The van der Waals surface area contributed by atoms with Gasteiger partial charge in [-0.1, -0.05) is 17.7 Å². The first kappa shape index (κ1) is 14.8. The summed E-state index contributed by atoms with van der Waals surface area (Å²) in [6.07, 6.45) is 0.306. The molecule has 56 valence electrons. The van der Waals surface area contributed by atoms with Crippen LogP contribution in [-0.2, 0) is 10.1 Å². The molecule has 7 heteroatoms. The van der Waals surface area contributed by atoms with Crippen LogP contribution in [0.4, 0.5) is 0 Å². The van der Waals surface area contributed by atoms with Gasteiger partial charge in [0.15, 0.2) is 0 Å². The Morgan fingerprint density at radius 2 is 2.10 bits per heavy atom. The average Bonchev–Trinajstić information content (AvgIpc) is 1.65. The molecule has 1 unspecified atom stereocenters. The second-order valence-corrected chi connectivity index (χ2v) is 4.70. The van der Waals surface area contributed by atoms with Gasteiger partial charge in [-0.05, 0) is 6.42 Å². The van der Waals surface area contributed by atoms with Gasteiger partial charge in [0.05, 0.1) is 0 Å². The molecule has 0 N–H and O–H groups in total. The fourth-order valence-corrected chi connectivity index (χ4v) is 2.71. The fourth-order valence-electron chi connectivity index (χ4n) is 0.331. The topological polar surface area (TPSA) is 57.2 Å². The summed E-state index contributed by atoms with van der Waals surface area (Å²) in [4.78, 5) is 0. The van der Waals surface area contributed by atoms with Gasteiger partial charge >= 0.3 is 51.4 Å². The molecule has 0 aromatic carbocycles. The predicted molar refractivity (Wildman–Crippen MR) is 40.4 cm³/mol. The molecule has 0 spiro atoms. The third kappa shape index (κ3) is 5.84. The zero-order chi connectivity index (χ0) is 7.49. The van der Waals surface area contributed by atoms with Crippen LogP contribution in [0.15, 0.2) is 0 Å². The summed E-state index contributed by atoms with van der Waals surface area (Å²) in [5.74, 6) is 0. The molecule has 0 aromatic rings. The van der Waals surface area contributed by atoms with Crippen molar-refractivity contribution in [1.82, 2.24) is 0 Å². The van der Waals surface area contributed by atoms with Crippen molar-refractivity contribution in [3.63, 3.8) is 0 Å². The minimum atomic E-state index is -4.13. The van der Waals surface area contributed by atoms with Gasteiger partial charge in [-0.2, -0.15) is 0 Å². The van der Waals surface area contributed by atoms with Gasteiger partial charge in [-0.3, -0.25) is 0 Å². The van der Waals surface area contributed by atoms with E-state index in [-0.39, 0.29) is 51.4 Å². The van der Waals surface area contributed by atoms with Crippen LogP contribution in [0.25, 0.3) is 0 Å². The number of rotatable bonds is 3. The SMILES string of the molecule is CCC(SS)S(=O)(=O)[O-].[K+]. The van der Waals surface area contributed by atoms with Crippen molar-refractivity contribution in [2.24, 2.45) is 0 Å². The summed E-state index contributed by atoms with van der Waals surface area (Å²) in [7, 11) is -3.36. The second kappa shape index (κ2) is 6.73. The Bertz CT molecular complexity index is 162. The molecule has 0 saturated heterocycles. The van der Waals surface area contributed by atoms with E-state index >= 15 is 0 Å². The number of thiol groups is 1. The average molecular weight is 226 g/mol. The first-order chi connectivity index (χ1) is 4.02. The molecule has 0 aliphatic rings. The van der Waals surface area contributed by atoms with E-state index < -0.39 is 14.7 Å². The van der Waals surface area contributed by atoms with Crippen LogP contribution in [-0.4, -0.2) is 17.6 Å². The third-order valence-electron chi connectivity index (χ3n) is 0.773. The van der Waals surface area contributed by atoms with Crippen LogP contribution in [0.5, 0.6) is 0 Å². The van der Waals surface area contributed by atoms with E-state index in [0.717, 1.165) is 10.8 Å². The molecule has 0 saturated carbocycles. The Labute approximate surface area is 113 Å². The van der Waals surface area contributed by atoms with E-state index in [2.05, 4.69) is 11.7 Å². The molecule has 0 radical (unpaired) electrons. The van der Waals surface area contributed by atoms with Gasteiger partial charge in [0.2, 0.25) is 0 Å². The van der Waals surface area contributed by atoms with Crippen LogP contribution < -0.4 is 51.4 Å². The first-order valence-corrected chi connectivity index (χ1v) is 5.67. The van der Waals surface area contributed by atoms with Gasteiger partial charge in [-0.25, -0.2) is 8.42 Å². The van der Waals surface area contributed by atoms with Crippen molar-refractivity contribution in [2.75, 3.05) is 0 Å².